The number of halogens is 1. The molecule has 92 valence electrons. The van der Waals surface area contributed by atoms with Gasteiger partial charge < -0.3 is 16.0 Å². The van der Waals surface area contributed by atoms with E-state index in [-0.39, 0.29) is 18.1 Å². The quantitative estimate of drug-likeness (QED) is 0.783. The Balaban J connectivity index is 2.68. The Bertz CT molecular complexity index is 446. The number of benzene rings is 1. The van der Waals surface area contributed by atoms with E-state index in [0.29, 0.717) is 10.6 Å². The van der Waals surface area contributed by atoms with E-state index in [1.54, 1.807) is 20.2 Å². The number of nitrogens with zero attached hydrogens (tertiary/aromatic N) is 1. The summed E-state index contributed by atoms with van der Waals surface area (Å²) >= 11 is 5.72. The number of carbonyl (C=O) groups excluding carboxylic acids is 2. The van der Waals surface area contributed by atoms with Gasteiger partial charge in [-0.15, -0.1) is 0 Å². The van der Waals surface area contributed by atoms with E-state index in [9.17, 15) is 9.59 Å². The topological polar surface area (TPSA) is 75.4 Å². The maximum absolute atomic E-state index is 11.7. The van der Waals surface area contributed by atoms with Gasteiger partial charge >= 0.3 is 0 Å². The summed E-state index contributed by atoms with van der Waals surface area (Å²) in [5, 5.41) is 2.95. The summed E-state index contributed by atoms with van der Waals surface area (Å²) < 4.78 is 0. The third kappa shape index (κ3) is 3.64. The van der Waals surface area contributed by atoms with Gasteiger partial charge in [0, 0.05) is 24.8 Å². The highest BCUT2D eigenvalue weighted by Crippen LogP contribution is 2.17. The molecular formula is C11H14ClN3O2. The van der Waals surface area contributed by atoms with Crippen molar-refractivity contribution in [1.82, 2.24) is 10.2 Å². The van der Waals surface area contributed by atoms with Crippen LogP contribution < -0.4 is 11.1 Å². The fourth-order valence-electron chi connectivity index (χ4n) is 1.15. The molecule has 0 aliphatic heterocycles. The first kappa shape index (κ1) is 13.3. The molecule has 0 saturated carbocycles. The highest BCUT2D eigenvalue weighted by molar-refractivity contribution is 6.31. The van der Waals surface area contributed by atoms with Crippen molar-refractivity contribution in [3.63, 3.8) is 0 Å². The lowest BCUT2D eigenvalue weighted by atomic mass is 10.1. The highest BCUT2D eigenvalue weighted by atomic mass is 35.5. The number of nitrogens with two attached hydrogens (primary N) is 1. The van der Waals surface area contributed by atoms with Crippen molar-refractivity contribution in [2.45, 2.75) is 0 Å². The van der Waals surface area contributed by atoms with E-state index in [4.69, 9.17) is 17.3 Å². The minimum atomic E-state index is -0.394. The highest BCUT2D eigenvalue weighted by Gasteiger charge is 2.11. The maximum atomic E-state index is 11.7. The monoisotopic (exact) mass is 255 g/mol. The minimum Gasteiger partial charge on any atom is -0.398 e. The molecule has 1 rings (SSSR count). The van der Waals surface area contributed by atoms with Crippen LogP contribution in [0.2, 0.25) is 5.02 Å². The number of amides is 2. The third-order valence-corrected chi connectivity index (χ3v) is 2.39. The Morgan fingerprint density at radius 2 is 2.06 bits per heavy atom. The van der Waals surface area contributed by atoms with Crippen LogP contribution in [0.1, 0.15) is 10.4 Å². The predicted octanol–water partition coefficient (Wildman–Crippen LogP) is 0.740. The Morgan fingerprint density at radius 1 is 1.41 bits per heavy atom. The largest absolute Gasteiger partial charge is 0.398 e. The number of nitrogens with one attached hydrogen (secondary N) is 1. The van der Waals surface area contributed by atoms with Gasteiger partial charge in [-0.25, -0.2) is 0 Å². The van der Waals surface area contributed by atoms with E-state index in [2.05, 4.69) is 5.32 Å². The second-order valence-electron chi connectivity index (χ2n) is 3.70. The van der Waals surface area contributed by atoms with Crippen molar-refractivity contribution in [1.29, 1.82) is 0 Å². The summed E-state index contributed by atoms with van der Waals surface area (Å²) in [5.41, 5.74) is 6.24. The van der Waals surface area contributed by atoms with Gasteiger partial charge in [-0.2, -0.15) is 0 Å². The second-order valence-corrected chi connectivity index (χ2v) is 4.14. The van der Waals surface area contributed by atoms with Crippen molar-refractivity contribution >= 4 is 29.1 Å². The summed E-state index contributed by atoms with van der Waals surface area (Å²) in [7, 11) is 3.23. The number of rotatable bonds is 3. The molecule has 0 atom stereocenters. The molecule has 17 heavy (non-hydrogen) atoms. The third-order valence-electron chi connectivity index (χ3n) is 2.16. The summed E-state index contributed by atoms with van der Waals surface area (Å²) in [6.45, 7) is -0.0616. The van der Waals surface area contributed by atoms with Crippen LogP contribution in [0.25, 0.3) is 0 Å². The van der Waals surface area contributed by atoms with Crippen LogP contribution in [-0.4, -0.2) is 37.4 Å². The number of likely N-dealkylation sites (N-methyl/N-ethyl adjacent to an activating group) is 1. The van der Waals surface area contributed by atoms with Crippen LogP contribution in [0.15, 0.2) is 18.2 Å². The van der Waals surface area contributed by atoms with Crippen molar-refractivity contribution in [3.8, 4) is 0 Å². The molecule has 1 aromatic rings. The van der Waals surface area contributed by atoms with E-state index >= 15 is 0 Å². The zero-order chi connectivity index (χ0) is 13.0. The minimum absolute atomic E-state index is 0.0616. The van der Waals surface area contributed by atoms with Crippen LogP contribution in [0.5, 0.6) is 0 Å². The van der Waals surface area contributed by atoms with Crippen molar-refractivity contribution in [2.75, 3.05) is 26.4 Å². The van der Waals surface area contributed by atoms with Crippen molar-refractivity contribution < 1.29 is 9.59 Å². The average molecular weight is 256 g/mol. The van der Waals surface area contributed by atoms with Gasteiger partial charge in [-0.1, -0.05) is 11.6 Å². The number of nitrogen functional groups attached to an aromatic ring is 1. The van der Waals surface area contributed by atoms with Gasteiger partial charge in [0.15, 0.2) is 0 Å². The van der Waals surface area contributed by atoms with Crippen LogP contribution in [0.3, 0.4) is 0 Å². The first-order valence-corrected chi connectivity index (χ1v) is 5.33. The molecule has 0 fully saturated rings. The second kappa shape index (κ2) is 5.54. The zero-order valence-corrected chi connectivity index (χ0v) is 10.4. The van der Waals surface area contributed by atoms with E-state index < -0.39 is 5.91 Å². The van der Waals surface area contributed by atoms with Crippen LogP contribution >= 0.6 is 11.6 Å². The normalized spacial score (nSPS) is 9.82. The van der Waals surface area contributed by atoms with Gasteiger partial charge in [0.05, 0.1) is 12.1 Å². The number of hydrogen-bond acceptors (Lipinski definition) is 3. The first-order chi connectivity index (χ1) is 7.91. The number of anilines is 1. The van der Waals surface area contributed by atoms with E-state index in [0.717, 1.165) is 0 Å². The summed E-state index contributed by atoms with van der Waals surface area (Å²) in [6.07, 6.45) is 0. The molecular weight excluding hydrogens is 242 g/mol. The number of hydrogen-bond donors (Lipinski definition) is 2. The van der Waals surface area contributed by atoms with Crippen LogP contribution in [0.4, 0.5) is 5.69 Å². The number of carbonyl (C=O) groups is 2. The van der Waals surface area contributed by atoms with E-state index in [1.807, 2.05) is 0 Å². The maximum Gasteiger partial charge on any atom is 0.253 e. The molecule has 6 heteroatoms. The van der Waals surface area contributed by atoms with Crippen LogP contribution in [0, 0.1) is 0 Å². The molecule has 0 radical (unpaired) electrons. The molecule has 5 nitrogen and oxygen atoms in total. The first-order valence-electron chi connectivity index (χ1n) is 4.95. The molecule has 0 unspecified atom stereocenters. The molecule has 0 bridgehead atoms. The van der Waals surface area contributed by atoms with Gasteiger partial charge in [0.2, 0.25) is 5.91 Å². The predicted molar refractivity (Wildman–Crippen MR) is 66.9 cm³/mol. The van der Waals surface area contributed by atoms with E-state index in [1.165, 1.54) is 17.0 Å². The summed E-state index contributed by atoms with van der Waals surface area (Å²) in [5.74, 6) is -0.583. The van der Waals surface area contributed by atoms with Gasteiger partial charge in [-0.3, -0.25) is 9.59 Å². The van der Waals surface area contributed by atoms with Crippen LogP contribution in [-0.2, 0) is 4.79 Å². The Morgan fingerprint density at radius 3 is 2.59 bits per heavy atom. The van der Waals surface area contributed by atoms with Gasteiger partial charge in [-0.05, 0) is 18.2 Å². The molecule has 1 aromatic carbocycles. The standard InChI is InChI=1S/C11H14ClN3O2/c1-15(2)10(16)6-14-11(17)8-4-3-7(12)5-9(8)13/h3-5H,6,13H2,1-2H3,(H,14,17). The molecule has 0 aromatic heterocycles. The average Bonchev–Trinajstić information content (AvgIpc) is 2.25. The Hall–Kier alpha value is -1.75. The lowest BCUT2D eigenvalue weighted by Gasteiger charge is -2.11. The van der Waals surface area contributed by atoms with Gasteiger partial charge in [0.1, 0.15) is 0 Å². The molecule has 0 aliphatic carbocycles. The van der Waals surface area contributed by atoms with Gasteiger partial charge in [0.25, 0.3) is 5.91 Å². The molecule has 3 N–H and O–H groups in total. The lowest BCUT2D eigenvalue weighted by Crippen LogP contribution is -2.36. The molecule has 0 heterocycles. The molecule has 0 saturated heterocycles. The fourth-order valence-corrected chi connectivity index (χ4v) is 1.33. The summed E-state index contributed by atoms with van der Waals surface area (Å²) in [6, 6.07) is 4.58. The van der Waals surface area contributed by atoms with Crippen molar-refractivity contribution in [3.05, 3.63) is 28.8 Å². The fraction of sp³-hybridized carbons (Fsp3) is 0.273. The SMILES string of the molecule is CN(C)C(=O)CNC(=O)c1ccc(Cl)cc1N. The zero-order valence-electron chi connectivity index (χ0n) is 9.66. The summed E-state index contributed by atoms with van der Waals surface area (Å²) in [4.78, 5) is 24.4. The smallest absolute Gasteiger partial charge is 0.253 e. The molecule has 0 spiro atoms. The molecule has 2 amide bonds. The Labute approximate surface area is 105 Å². The lowest BCUT2D eigenvalue weighted by molar-refractivity contribution is -0.127. The Kier molecular flexibility index (Phi) is 4.34. The van der Waals surface area contributed by atoms with Crippen molar-refractivity contribution in [2.24, 2.45) is 0 Å². The molecule has 0 aliphatic rings.